The molecule has 1 rings (SSSR count). The van der Waals surface area contributed by atoms with Gasteiger partial charge in [0.25, 0.3) is 0 Å². The number of furan rings is 1. The van der Waals surface area contributed by atoms with E-state index in [1.165, 1.54) is 13.8 Å². The average molecular weight is 225 g/mol. The smallest absolute Gasteiger partial charge is 0.318 e. The Kier molecular flexibility index (Phi) is 3.37. The number of carbonyl (C=O) groups excluding carboxylic acids is 1. The van der Waals surface area contributed by atoms with Gasteiger partial charge in [0.1, 0.15) is 16.9 Å². The summed E-state index contributed by atoms with van der Waals surface area (Å²) in [6.07, 6.45) is 0. The number of aliphatic carboxylic acids is 1. The van der Waals surface area contributed by atoms with Gasteiger partial charge >= 0.3 is 5.97 Å². The molecule has 0 aromatic carbocycles. The van der Waals surface area contributed by atoms with E-state index in [1.54, 1.807) is 19.1 Å². The van der Waals surface area contributed by atoms with Gasteiger partial charge in [-0.15, -0.1) is 0 Å². The number of amides is 1. The second kappa shape index (κ2) is 4.38. The second-order valence-electron chi connectivity index (χ2n) is 4.13. The minimum absolute atomic E-state index is 0.198. The minimum atomic E-state index is -1.43. The van der Waals surface area contributed by atoms with E-state index in [4.69, 9.17) is 9.52 Å². The highest BCUT2D eigenvalue weighted by Gasteiger charge is 2.35. The molecule has 5 heteroatoms. The van der Waals surface area contributed by atoms with Crippen molar-refractivity contribution in [2.75, 3.05) is 0 Å². The van der Waals surface area contributed by atoms with Gasteiger partial charge in [-0.3, -0.25) is 9.59 Å². The van der Waals surface area contributed by atoms with Crippen LogP contribution in [0.15, 0.2) is 16.5 Å². The van der Waals surface area contributed by atoms with E-state index >= 15 is 0 Å². The molecule has 0 aliphatic carbocycles. The Hall–Kier alpha value is -1.78. The SMILES string of the molecule is Cc1ccc(CNC(=O)C(C)(C)C(=O)O)o1. The summed E-state index contributed by atoms with van der Waals surface area (Å²) in [7, 11) is 0. The highest BCUT2D eigenvalue weighted by molar-refractivity contribution is 6.00. The summed E-state index contributed by atoms with van der Waals surface area (Å²) in [6.45, 7) is 4.71. The molecule has 2 N–H and O–H groups in total. The first-order valence-electron chi connectivity index (χ1n) is 4.91. The van der Waals surface area contributed by atoms with Crippen molar-refractivity contribution in [3.05, 3.63) is 23.7 Å². The predicted molar refractivity (Wildman–Crippen MR) is 56.7 cm³/mol. The Balaban J connectivity index is 2.56. The van der Waals surface area contributed by atoms with E-state index in [1.807, 2.05) is 0 Å². The van der Waals surface area contributed by atoms with Crippen LogP contribution in [0.3, 0.4) is 0 Å². The number of carboxylic acid groups (broad SMARTS) is 1. The fourth-order valence-electron chi connectivity index (χ4n) is 1.07. The van der Waals surface area contributed by atoms with Crippen molar-refractivity contribution < 1.29 is 19.1 Å². The average Bonchev–Trinajstić information content (AvgIpc) is 2.60. The van der Waals surface area contributed by atoms with Crippen molar-refractivity contribution in [3.8, 4) is 0 Å². The van der Waals surface area contributed by atoms with Crippen molar-refractivity contribution in [1.29, 1.82) is 0 Å². The summed E-state index contributed by atoms with van der Waals surface area (Å²) in [4.78, 5) is 22.3. The van der Waals surface area contributed by atoms with E-state index in [-0.39, 0.29) is 6.54 Å². The van der Waals surface area contributed by atoms with Gasteiger partial charge in [0.15, 0.2) is 0 Å². The highest BCUT2D eigenvalue weighted by Crippen LogP contribution is 2.15. The summed E-state index contributed by atoms with van der Waals surface area (Å²) in [5.41, 5.74) is -1.43. The molecule has 1 aromatic heterocycles. The van der Waals surface area contributed by atoms with E-state index in [0.29, 0.717) is 5.76 Å². The highest BCUT2D eigenvalue weighted by atomic mass is 16.4. The quantitative estimate of drug-likeness (QED) is 0.757. The van der Waals surface area contributed by atoms with Crippen LogP contribution >= 0.6 is 0 Å². The fourth-order valence-corrected chi connectivity index (χ4v) is 1.07. The van der Waals surface area contributed by atoms with Gasteiger partial charge in [0, 0.05) is 0 Å². The maximum Gasteiger partial charge on any atom is 0.318 e. The molecule has 0 unspecified atom stereocenters. The topological polar surface area (TPSA) is 79.5 Å². The number of hydrogen-bond acceptors (Lipinski definition) is 3. The van der Waals surface area contributed by atoms with Crippen molar-refractivity contribution in [1.82, 2.24) is 5.32 Å². The lowest BCUT2D eigenvalue weighted by Gasteiger charge is -2.17. The zero-order chi connectivity index (χ0) is 12.3. The first-order valence-corrected chi connectivity index (χ1v) is 4.91. The molecule has 16 heavy (non-hydrogen) atoms. The Morgan fingerprint density at radius 2 is 2.06 bits per heavy atom. The minimum Gasteiger partial charge on any atom is -0.480 e. The molecule has 0 radical (unpaired) electrons. The van der Waals surface area contributed by atoms with Crippen LogP contribution in [0.25, 0.3) is 0 Å². The number of rotatable bonds is 4. The Labute approximate surface area is 93.4 Å². The molecule has 5 nitrogen and oxygen atoms in total. The molecule has 1 heterocycles. The van der Waals surface area contributed by atoms with Crippen LogP contribution in [0.5, 0.6) is 0 Å². The van der Waals surface area contributed by atoms with Crippen molar-refractivity contribution >= 4 is 11.9 Å². The normalized spacial score (nSPS) is 11.2. The second-order valence-corrected chi connectivity index (χ2v) is 4.13. The predicted octanol–water partition coefficient (Wildman–Crippen LogP) is 1.32. The zero-order valence-electron chi connectivity index (χ0n) is 9.53. The molecular weight excluding hydrogens is 210 g/mol. The molecule has 0 saturated carbocycles. The summed E-state index contributed by atoms with van der Waals surface area (Å²) in [6, 6.07) is 3.52. The Bertz CT molecular complexity index is 406. The van der Waals surface area contributed by atoms with Crippen molar-refractivity contribution in [2.45, 2.75) is 27.3 Å². The third-order valence-electron chi connectivity index (χ3n) is 2.32. The molecule has 1 aromatic rings. The molecule has 0 aliphatic heterocycles. The maximum absolute atomic E-state index is 11.6. The summed E-state index contributed by atoms with van der Waals surface area (Å²) < 4.78 is 5.24. The molecule has 1 amide bonds. The fraction of sp³-hybridized carbons (Fsp3) is 0.455. The molecule has 88 valence electrons. The number of carbonyl (C=O) groups is 2. The van der Waals surface area contributed by atoms with Gasteiger partial charge in [-0.2, -0.15) is 0 Å². The molecular formula is C11H15NO4. The van der Waals surface area contributed by atoms with Crippen LogP contribution < -0.4 is 5.32 Å². The van der Waals surface area contributed by atoms with Crippen molar-refractivity contribution in [3.63, 3.8) is 0 Å². The van der Waals surface area contributed by atoms with Crippen LogP contribution in [-0.2, 0) is 16.1 Å². The number of carboxylic acids is 1. The van der Waals surface area contributed by atoms with Gasteiger partial charge in [0.2, 0.25) is 5.91 Å². The van der Waals surface area contributed by atoms with Crippen LogP contribution in [0, 0.1) is 12.3 Å². The summed E-state index contributed by atoms with van der Waals surface area (Å²) in [5, 5.41) is 11.3. The van der Waals surface area contributed by atoms with Gasteiger partial charge in [-0.1, -0.05) is 0 Å². The number of nitrogens with one attached hydrogen (secondary N) is 1. The van der Waals surface area contributed by atoms with Crippen LogP contribution in [0.1, 0.15) is 25.4 Å². The zero-order valence-corrected chi connectivity index (χ0v) is 9.53. The number of hydrogen-bond donors (Lipinski definition) is 2. The monoisotopic (exact) mass is 225 g/mol. The van der Waals surface area contributed by atoms with Gasteiger partial charge in [-0.25, -0.2) is 0 Å². The summed E-state index contributed by atoms with van der Waals surface area (Å²) in [5.74, 6) is -0.330. The van der Waals surface area contributed by atoms with Crippen LogP contribution in [0.2, 0.25) is 0 Å². The van der Waals surface area contributed by atoms with Gasteiger partial charge < -0.3 is 14.8 Å². The lowest BCUT2D eigenvalue weighted by Crippen LogP contribution is -2.41. The third-order valence-corrected chi connectivity index (χ3v) is 2.32. The first-order chi connectivity index (χ1) is 7.34. The van der Waals surface area contributed by atoms with E-state index in [2.05, 4.69) is 5.32 Å². The number of aryl methyl sites for hydroxylation is 1. The van der Waals surface area contributed by atoms with Crippen LogP contribution in [-0.4, -0.2) is 17.0 Å². The van der Waals surface area contributed by atoms with Crippen LogP contribution in [0.4, 0.5) is 0 Å². The molecule has 0 bridgehead atoms. The molecule has 0 saturated heterocycles. The molecule has 0 atom stereocenters. The summed E-state index contributed by atoms with van der Waals surface area (Å²) >= 11 is 0. The molecule has 0 aliphatic rings. The Morgan fingerprint density at radius 1 is 1.44 bits per heavy atom. The molecule has 0 fully saturated rings. The standard InChI is InChI=1S/C11H15NO4/c1-7-4-5-8(16-7)6-12-9(13)11(2,3)10(14)15/h4-5H,6H2,1-3H3,(H,12,13)(H,14,15). The van der Waals surface area contributed by atoms with Gasteiger partial charge in [-0.05, 0) is 32.9 Å². The van der Waals surface area contributed by atoms with E-state index in [0.717, 1.165) is 5.76 Å². The first kappa shape index (κ1) is 12.3. The van der Waals surface area contributed by atoms with Gasteiger partial charge in [0.05, 0.1) is 6.54 Å². The lowest BCUT2D eigenvalue weighted by atomic mass is 9.93. The lowest BCUT2D eigenvalue weighted by molar-refractivity contribution is -0.153. The largest absolute Gasteiger partial charge is 0.480 e. The maximum atomic E-state index is 11.6. The molecule has 0 spiro atoms. The third kappa shape index (κ3) is 2.62. The Morgan fingerprint density at radius 3 is 2.50 bits per heavy atom. The van der Waals surface area contributed by atoms with E-state index in [9.17, 15) is 9.59 Å². The van der Waals surface area contributed by atoms with Crippen molar-refractivity contribution in [2.24, 2.45) is 5.41 Å². The van der Waals surface area contributed by atoms with E-state index < -0.39 is 17.3 Å².